The molecule has 3 nitrogen and oxygen atoms in total. The monoisotopic (exact) mass is 227 g/mol. The zero-order chi connectivity index (χ0) is 12.0. The number of ether oxygens (including phenoxy) is 1. The molecule has 0 heterocycles. The lowest BCUT2D eigenvalue weighted by atomic mass is 10.1. The molecule has 0 spiro atoms. The van der Waals surface area contributed by atoms with E-state index in [9.17, 15) is 4.39 Å². The molecule has 0 saturated carbocycles. The molecule has 0 aliphatic rings. The summed E-state index contributed by atoms with van der Waals surface area (Å²) in [5.41, 5.74) is 0.773. The van der Waals surface area contributed by atoms with E-state index in [1.165, 1.54) is 12.1 Å². The molecule has 0 fully saturated rings. The van der Waals surface area contributed by atoms with Crippen LogP contribution in [-0.4, -0.2) is 24.9 Å². The first kappa shape index (κ1) is 12.9. The van der Waals surface area contributed by atoms with E-state index in [0.717, 1.165) is 12.1 Å². The first-order valence-corrected chi connectivity index (χ1v) is 5.45. The first-order valence-electron chi connectivity index (χ1n) is 5.45. The number of rotatable bonds is 6. The van der Waals surface area contributed by atoms with Crippen molar-refractivity contribution in [2.75, 3.05) is 19.8 Å². The fraction of sp³-hybridized carbons (Fsp3) is 0.500. The minimum atomic E-state index is -0.281. The van der Waals surface area contributed by atoms with Gasteiger partial charge in [0.15, 0.2) is 0 Å². The van der Waals surface area contributed by atoms with E-state index in [-0.39, 0.29) is 25.1 Å². The van der Waals surface area contributed by atoms with Crippen LogP contribution in [0.15, 0.2) is 18.2 Å². The van der Waals surface area contributed by atoms with Crippen LogP contribution in [0.4, 0.5) is 4.39 Å². The predicted octanol–water partition coefficient (Wildman–Crippen LogP) is 1.87. The molecule has 4 heteroatoms. The molecule has 0 saturated heterocycles. The van der Waals surface area contributed by atoms with E-state index in [4.69, 9.17) is 9.84 Å². The second-order valence-electron chi connectivity index (χ2n) is 3.53. The Labute approximate surface area is 95.2 Å². The highest BCUT2D eigenvalue weighted by molar-refractivity contribution is 5.36. The van der Waals surface area contributed by atoms with E-state index in [1.807, 2.05) is 13.8 Å². The first-order chi connectivity index (χ1) is 7.69. The SMILES string of the molecule is CCNC(C)c1cc(F)ccc1OCCO. The summed E-state index contributed by atoms with van der Waals surface area (Å²) >= 11 is 0. The van der Waals surface area contributed by atoms with E-state index in [1.54, 1.807) is 6.07 Å². The molecule has 16 heavy (non-hydrogen) atoms. The summed E-state index contributed by atoms with van der Waals surface area (Å²) in [4.78, 5) is 0. The summed E-state index contributed by atoms with van der Waals surface area (Å²) < 4.78 is 18.5. The molecule has 0 bridgehead atoms. The molecule has 0 amide bonds. The van der Waals surface area contributed by atoms with Gasteiger partial charge in [-0.05, 0) is 31.7 Å². The van der Waals surface area contributed by atoms with Crippen LogP contribution in [0.5, 0.6) is 5.75 Å². The average Bonchev–Trinajstić information content (AvgIpc) is 2.27. The second kappa shape index (κ2) is 6.45. The van der Waals surface area contributed by atoms with Crippen molar-refractivity contribution in [1.29, 1.82) is 0 Å². The lowest BCUT2D eigenvalue weighted by molar-refractivity contribution is 0.199. The third kappa shape index (κ3) is 3.47. The zero-order valence-electron chi connectivity index (χ0n) is 9.66. The molecule has 2 N–H and O–H groups in total. The van der Waals surface area contributed by atoms with Crippen LogP contribution in [0.1, 0.15) is 25.5 Å². The van der Waals surface area contributed by atoms with Crippen molar-refractivity contribution >= 4 is 0 Å². The number of benzene rings is 1. The van der Waals surface area contributed by atoms with Gasteiger partial charge >= 0.3 is 0 Å². The van der Waals surface area contributed by atoms with Crippen molar-refractivity contribution in [3.8, 4) is 5.75 Å². The summed E-state index contributed by atoms with van der Waals surface area (Å²) in [6, 6.07) is 4.43. The molecular weight excluding hydrogens is 209 g/mol. The van der Waals surface area contributed by atoms with Gasteiger partial charge in [0.05, 0.1) is 6.61 Å². The van der Waals surface area contributed by atoms with Crippen molar-refractivity contribution < 1.29 is 14.2 Å². The summed E-state index contributed by atoms with van der Waals surface area (Å²) in [7, 11) is 0. The van der Waals surface area contributed by atoms with Crippen LogP contribution in [0.3, 0.4) is 0 Å². The Morgan fingerprint density at radius 1 is 1.50 bits per heavy atom. The van der Waals surface area contributed by atoms with Gasteiger partial charge in [-0.25, -0.2) is 4.39 Å². The van der Waals surface area contributed by atoms with Crippen LogP contribution in [0, 0.1) is 5.82 Å². The van der Waals surface area contributed by atoms with Crippen molar-refractivity contribution in [2.45, 2.75) is 19.9 Å². The van der Waals surface area contributed by atoms with Crippen LogP contribution in [0.25, 0.3) is 0 Å². The summed E-state index contributed by atoms with van der Waals surface area (Å²) in [5, 5.41) is 11.9. The highest BCUT2D eigenvalue weighted by Gasteiger charge is 2.11. The van der Waals surface area contributed by atoms with Crippen LogP contribution < -0.4 is 10.1 Å². The number of hydrogen-bond acceptors (Lipinski definition) is 3. The molecule has 1 atom stereocenters. The Bertz CT molecular complexity index is 331. The smallest absolute Gasteiger partial charge is 0.124 e. The van der Waals surface area contributed by atoms with Gasteiger partial charge in [-0.15, -0.1) is 0 Å². The van der Waals surface area contributed by atoms with Gasteiger partial charge in [0.1, 0.15) is 18.2 Å². The Balaban J connectivity index is 2.88. The van der Waals surface area contributed by atoms with E-state index in [0.29, 0.717) is 5.75 Å². The van der Waals surface area contributed by atoms with Gasteiger partial charge < -0.3 is 15.2 Å². The highest BCUT2D eigenvalue weighted by Crippen LogP contribution is 2.25. The quantitative estimate of drug-likeness (QED) is 0.779. The lowest BCUT2D eigenvalue weighted by Crippen LogP contribution is -2.19. The standard InChI is InChI=1S/C12H18FNO2/c1-3-14-9(2)11-8-10(13)4-5-12(11)16-7-6-15/h4-5,8-9,14-15H,3,6-7H2,1-2H3. The maximum Gasteiger partial charge on any atom is 0.124 e. The maximum atomic E-state index is 13.1. The molecule has 0 aliphatic carbocycles. The van der Waals surface area contributed by atoms with Crippen LogP contribution in [-0.2, 0) is 0 Å². The number of nitrogens with one attached hydrogen (secondary N) is 1. The minimum Gasteiger partial charge on any atom is -0.491 e. The lowest BCUT2D eigenvalue weighted by Gasteiger charge is -2.17. The van der Waals surface area contributed by atoms with Gasteiger partial charge in [-0.3, -0.25) is 0 Å². The predicted molar refractivity (Wildman–Crippen MR) is 61.1 cm³/mol. The van der Waals surface area contributed by atoms with Crippen molar-refractivity contribution in [3.63, 3.8) is 0 Å². The van der Waals surface area contributed by atoms with E-state index < -0.39 is 0 Å². The van der Waals surface area contributed by atoms with E-state index >= 15 is 0 Å². The fourth-order valence-electron chi connectivity index (χ4n) is 1.56. The topological polar surface area (TPSA) is 41.5 Å². The highest BCUT2D eigenvalue weighted by atomic mass is 19.1. The number of hydrogen-bond donors (Lipinski definition) is 2. The molecule has 1 aromatic carbocycles. The molecule has 0 radical (unpaired) electrons. The largest absolute Gasteiger partial charge is 0.491 e. The molecule has 0 aromatic heterocycles. The average molecular weight is 227 g/mol. The molecule has 0 aliphatic heterocycles. The third-order valence-corrected chi connectivity index (χ3v) is 2.30. The van der Waals surface area contributed by atoms with Crippen molar-refractivity contribution in [3.05, 3.63) is 29.6 Å². The van der Waals surface area contributed by atoms with Gasteiger partial charge in [0, 0.05) is 11.6 Å². The van der Waals surface area contributed by atoms with Gasteiger partial charge in [0.2, 0.25) is 0 Å². The Kier molecular flexibility index (Phi) is 5.22. The normalized spacial score (nSPS) is 12.5. The van der Waals surface area contributed by atoms with E-state index in [2.05, 4.69) is 5.32 Å². The Morgan fingerprint density at radius 2 is 2.25 bits per heavy atom. The van der Waals surface area contributed by atoms with Gasteiger partial charge in [-0.1, -0.05) is 6.92 Å². The van der Waals surface area contributed by atoms with Crippen LogP contribution >= 0.6 is 0 Å². The molecule has 1 unspecified atom stereocenters. The zero-order valence-corrected chi connectivity index (χ0v) is 9.66. The summed E-state index contributed by atoms with van der Waals surface area (Å²) in [6.45, 7) is 4.91. The molecule has 1 rings (SSSR count). The molecule has 1 aromatic rings. The van der Waals surface area contributed by atoms with Crippen molar-refractivity contribution in [2.24, 2.45) is 0 Å². The molecular formula is C12H18FNO2. The maximum absolute atomic E-state index is 13.1. The summed E-state index contributed by atoms with van der Waals surface area (Å²) in [5.74, 6) is 0.333. The second-order valence-corrected chi connectivity index (χ2v) is 3.53. The van der Waals surface area contributed by atoms with Gasteiger partial charge in [-0.2, -0.15) is 0 Å². The van der Waals surface area contributed by atoms with Gasteiger partial charge in [0.25, 0.3) is 0 Å². The minimum absolute atomic E-state index is 0.0226. The fourth-order valence-corrected chi connectivity index (χ4v) is 1.56. The Hall–Kier alpha value is -1.13. The summed E-state index contributed by atoms with van der Waals surface area (Å²) in [6.07, 6.45) is 0. The number of aliphatic hydroxyl groups excluding tert-OH is 1. The third-order valence-electron chi connectivity index (χ3n) is 2.30. The number of aliphatic hydroxyl groups is 1. The Morgan fingerprint density at radius 3 is 2.88 bits per heavy atom. The van der Waals surface area contributed by atoms with Crippen molar-refractivity contribution in [1.82, 2.24) is 5.32 Å². The molecule has 90 valence electrons. The number of halogens is 1. The van der Waals surface area contributed by atoms with Crippen LogP contribution in [0.2, 0.25) is 0 Å².